The minimum absolute atomic E-state index is 0.395. The Kier molecular flexibility index (Phi) is 4.05. The summed E-state index contributed by atoms with van der Waals surface area (Å²) in [5.74, 6) is 1.36. The van der Waals surface area contributed by atoms with Gasteiger partial charge in [0, 0.05) is 23.8 Å². The largest absolute Gasteiger partial charge is 0.478 e. The fraction of sp³-hybridized carbons (Fsp3) is 0.733. The van der Waals surface area contributed by atoms with Crippen LogP contribution in [-0.2, 0) is 0 Å². The zero-order valence-electron chi connectivity index (χ0n) is 12.2. The number of rotatable bonds is 5. The van der Waals surface area contributed by atoms with Gasteiger partial charge in [0.05, 0.1) is 6.61 Å². The van der Waals surface area contributed by atoms with Crippen molar-refractivity contribution in [1.29, 1.82) is 0 Å². The molecule has 1 saturated carbocycles. The summed E-state index contributed by atoms with van der Waals surface area (Å²) in [7, 11) is 0. The first-order chi connectivity index (χ1) is 9.80. The Balaban J connectivity index is 1.59. The van der Waals surface area contributed by atoms with Gasteiger partial charge >= 0.3 is 0 Å². The van der Waals surface area contributed by atoms with Crippen LogP contribution in [0.2, 0.25) is 0 Å². The number of nitrogens with zero attached hydrogens (tertiary/aromatic N) is 2. The summed E-state index contributed by atoms with van der Waals surface area (Å²) in [6.45, 7) is 3.88. The number of piperidine rings is 1. The molecule has 5 heteroatoms. The molecule has 1 atom stereocenters. The van der Waals surface area contributed by atoms with Gasteiger partial charge in [-0.2, -0.15) is 4.98 Å². The first kappa shape index (κ1) is 13.6. The van der Waals surface area contributed by atoms with Gasteiger partial charge in [-0.3, -0.25) is 0 Å². The number of ether oxygens (including phenoxy) is 1. The Morgan fingerprint density at radius 3 is 3.15 bits per heavy atom. The van der Waals surface area contributed by atoms with Gasteiger partial charge in [0.15, 0.2) is 0 Å². The maximum atomic E-state index is 5.55. The van der Waals surface area contributed by atoms with Crippen LogP contribution in [0.3, 0.4) is 0 Å². The molecule has 1 aromatic rings. The first-order valence-electron chi connectivity index (χ1n) is 7.77. The lowest BCUT2D eigenvalue weighted by Gasteiger charge is -2.48. The maximum Gasteiger partial charge on any atom is 0.226 e. The molecule has 3 rings (SSSR count). The molecule has 0 bridgehead atoms. The molecular weight excluding hydrogens is 252 g/mol. The molecule has 2 fully saturated rings. The second kappa shape index (κ2) is 5.95. The quantitative estimate of drug-likeness (QED) is 0.864. The van der Waals surface area contributed by atoms with Crippen LogP contribution in [0, 0.1) is 0 Å². The average molecular weight is 276 g/mol. The summed E-state index contributed by atoms with van der Waals surface area (Å²) < 4.78 is 5.55. The molecule has 2 heterocycles. The van der Waals surface area contributed by atoms with Crippen molar-refractivity contribution in [1.82, 2.24) is 15.3 Å². The summed E-state index contributed by atoms with van der Waals surface area (Å²) >= 11 is 0. The van der Waals surface area contributed by atoms with Crippen molar-refractivity contribution in [3.63, 3.8) is 0 Å². The molecule has 2 N–H and O–H groups in total. The van der Waals surface area contributed by atoms with Gasteiger partial charge in [-0.1, -0.05) is 6.92 Å². The van der Waals surface area contributed by atoms with Crippen molar-refractivity contribution >= 4 is 5.95 Å². The molecule has 0 amide bonds. The van der Waals surface area contributed by atoms with Gasteiger partial charge in [0.2, 0.25) is 11.8 Å². The standard InChI is InChI=1S/C15H24N4O/c1-2-10-20-13-5-8-16-14(19-13)18-12-4-9-17-15(11-12)6-3-7-15/h5,8,12,17H,2-4,6-7,9-11H2,1H3,(H,16,18,19). The molecular formula is C15H24N4O. The number of nitrogens with one attached hydrogen (secondary N) is 2. The fourth-order valence-corrected chi connectivity index (χ4v) is 3.15. The van der Waals surface area contributed by atoms with Crippen molar-refractivity contribution in [2.75, 3.05) is 18.5 Å². The summed E-state index contributed by atoms with van der Waals surface area (Å²) in [6, 6.07) is 2.29. The van der Waals surface area contributed by atoms with Crippen molar-refractivity contribution < 1.29 is 4.74 Å². The Morgan fingerprint density at radius 2 is 2.40 bits per heavy atom. The van der Waals surface area contributed by atoms with Crippen molar-refractivity contribution in [3.8, 4) is 5.88 Å². The van der Waals surface area contributed by atoms with E-state index in [2.05, 4.69) is 27.5 Å². The highest BCUT2D eigenvalue weighted by molar-refractivity contribution is 5.29. The second-order valence-corrected chi connectivity index (χ2v) is 5.96. The molecule has 5 nitrogen and oxygen atoms in total. The molecule has 1 unspecified atom stereocenters. The van der Waals surface area contributed by atoms with Gasteiger partial charge in [0.1, 0.15) is 0 Å². The molecule has 1 aliphatic carbocycles. The first-order valence-corrected chi connectivity index (χ1v) is 7.77. The maximum absolute atomic E-state index is 5.55. The van der Waals surface area contributed by atoms with Crippen molar-refractivity contribution in [2.24, 2.45) is 0 Å². The zero-order valence-corrected chi connectivity index (χ0v) is 12.2. The van der Waals surface area contributed by atoms with Crippen molar-refractivity contribution in [2.45, 2.75) is 57.0 Å². The number of aromatic nitrogens is 2. The van der Waals surface area contributed by atoms with E-state index < -0.39 is 0 Å². The van der Waals surface area contributed by atoms with E-state index in [0.29, 0.717) is 30.0 Å². The van der Waals surface area contributed by atoms with Crippen LogP contribution in [-0.4, -0.2) is 34.7 Å². The third-order valence-corrected chi connectivity index (χ3v) is 4.36. The van der Waals surface area contributed by atoms with Gasteiger partial charge in [-0.25, -0.2) is 4.98 Å². The topological polar surface area (TPSA) is 59.1 Å². The summed E-state index contributed by atoms with van der Waals surface area (Å²) in [6.07, 6.45) is 9.04. The van der Waals surface area contributed by atoms with Gasteiger partial charge in [-0.15, -0.1) is 0 Å². The monoisotopic (exact) mass is 276 g/mol. The minimum atomic E-state index is 0.395. The summed E-state index contributed by atoms with van der Waals surface area (Å²) in [4.78, 5) is 8.74. The Bertz CT molecular complexity index is 447. The van der Waals surface area contributed by atoms with Gasteiger partial charge in [-0.05, 0) is 45.1 Å². The summed E-state index contributed by atoms with van der Waals surface area (Å²) in [5.41, 5.74) is 0.395. The highest BCUT2D eigenvalue weighted by Crippen LogP contribution is 2.38. The van der Waals surface area contributed by atoms with Crippen LogP contribution < -0.4 is 15.4 Å². The lowest BCUT2D eigenvalue weighted by atomic mass is 9.70. The Morgan fingerprint density at radius 1 is 1.50 bits per heavy atom. The van der Waals surface area contributed by atoms with E-state index in [1.165, 1.54) is 25.7 Å². The lowest BCUT2D eigenvalue weighted by Crippen LogP contribution is -2.58. The number of hydrogen-bond acceptors (Lipinski definition) is 5. The van der Waals surface area contributed by atoms with E-state index in [9.17, 15) is 0 Å². The van der Waals surface area contributed by atoms with Crippen LogP contribution in [0.4, 0.5) is 5.95 Å². The van der Waals surface area contributed by atoms with Gasteiger partial charge < -0.3 is 15.4 Å². The van der Waals surface area contributed by atoms with E-state index in [-0.39, 0.29) is 0 Å². The summed E-state index contributed by atoms with van der Waals surface area (Å²) in [5, 5.41) is 7.16. The van der Waals surface area contributed by atoms with Gasteiger partial charge in [0.25, 0.3) is 0 Å². The molecule has 2 aliphatic rings. The second-order valence-electron chi connectivity index (χ2n) is 5.96. The van der Waals surface area contributed by atoms with Crippen LogP contribution in [0.15, 0.2) is 12.3 Å². The highest BCUT2D eigenvalue weighted by atomic mass is 16.5. The number of hydrogen-bond donors (Lipinski definition) is 2. The van der Waals surface area contributed by atoms with E-state index in [0.717, 1.165) is 19.4 Å². The minimum Gasteiger partial charge on any atom is -0.478 e. The molecule has 1 aliphatic heterocycles. The van der Waals surface area contributed by atoms with Crippen molar-refractivity contribution in [3.05, 3.63) is 12.3 Å². The normalized spacial score (nSPS) is 24.1. The molecule has 1 aromatic heterocycles. The van der Waals surface area contributed by atoms with E-state index in [1.807, 2.05) is 6.07 Å². The highest BCUT2D eigenvalue weighted by Gasteiger charge is 2.40. The molecule has 0 radical (unpaired) electrons. The van der Waals surface area contributed by atoms with Crippen LogP contribution in [0.1, 0.15) is 45.4 Å². The predicted octanol–water partition coefficient (Wildman–Crippen LogP) is 2.35. The van der Waals surface area contributed by atoms with Crippen LogP contribution >= 0.6 is 0 Å². The van der Waals surface area contributed by atoms with E-state index >= 15 is 0 Å². The molecule has 0 aromatic carbocycles. The zero-order chi connectivity index (χ0) is 13.8. The lowest BCUT2D eigenvalue weighted by molar-refractivity contribution is 0.135. The number of anilines is 1. The molecule has 1 spiro atoms. The van der Waals surface area contributed by atoms with Crippen LogP contribution in [0.5, 0.6) is 5.88 Å². The molecule has 110 valence electrons. The van der Waals surface area contributed by atoms with Crippen LogP contribution in [0.25, 0.3) is 0 Å². The fourth-order valence-electron chi connectivity index (χ4n) is 3.15. The Hall–Kier alpha value is -1.36. The van der Waals surface area contributed by atoms with E-state index in [4.69, 9.17) is 4.74 Å². The smallest absolute Gasteiger partial charge is 0.226 e. The van der Waals surface area contributed by atoms with E-state index in [1.54, 1.807) is 6.20 Å². The third-order valence-electron chi connectivity index (χ3n) is 4.36. The predicted molar refractivity (Wildman–Crippen MR) is 79.0 cm³/mol. The third kappa shape index (κ3) is 3.03. The Labute approximate surface area is 120 Å². The molecule has 20 heavy (non-hydrogen) atoms. The molecule has 1 saturated heterocycles. The average Bonchev–Trinajstić information content (AvgIpc) is 2.44. The SMILES string of the molecule is CCCOc1ccnc(NC2CCNC3(CCC3)C2)n1.